The predicted molar refractivity (Wildman–Crippen MR) is 114 cm³/mol. The summed E-state index contributed by atoms with van der Waals surface area (Å²) in [4.78, 5) is 30.2. The third-order valence-corrected chi connectivity index (χ3v) is 6.76. The van der Waals surface area contributed by atoms with Crippen LogP contribution in [0.5, 0.6) is 5.75 Å². The van der Waals surface area contributed by atoms with Crippen molar-refractivity contribution in [3.63, 3.8) is 0 Å². The fourth-order valence-electron chi connectivity index (χ4n) is 3.17. The third kappa shape index (κ3) is 3.64. The number of aryl methyl sites for hydroxylation is 1. The zero-order chi connectivity index (χ0) is 20.9. The topological polar surface area (TPSA) is 79.7 Å². The Labute approximate surface area is 184 Å². The molecule has 4 rings (SSSR count). The van der Waals surface area contributed by atoms with E-state index in [0.717, 1.165) is 5.56 Å². The molecule has 2 aromatic carbocycles. The molecule has 150 valence electrons. The molecular formula is C19H13Cl3N2O4S. The number of carboxylic acid groups (broad SMARTS) is 1. The van der Waals surface area contributed by atoms with Crippen LogP contribution >= 0.6 is 46.1 Å². The molecule has 0 fully saturated rings. The molecule has 0 saturated carbocycles. The lowest BCUT2D eigenvalue weighted by atomic mass is 10.1. The van der Waals surface area contributed by atoms with Crippen molar-refractivity contribution >= 4 is 73.9 Å². The Morgan fingerprint density at radius 2 is 2.07 bits per heavy atom. The van der Waals surface area contributed by atoms with E-state index in [1.54, 1.807) is 18.2 Å². The summed E-state index contributed by atoms with van der Waals surface area (Å²) in [6.45, 7) is 1.96. The molecule has 0 spiro atoms. The molecule has 1 N–H and O–H groups in total. The normalized spacial score (nSPS) is 16.1. The Hall–Kier alpha value is -2.06. The number of aromatic nitrogens is 1. The maximum atomic E-state index is 13.0. The van der Waals surface area contributed by atoms with Crippen molar-refractivity contribution in [3.05, 3.63) is 49.9 Å². The Bertz CT molecular complexity index is 1160. The number of carboxylic acids is 1. The van der Waals surface area contributed by atoms with E-state index in [-0.39, 0.29) is 6.54 Å². The number of carbonyl (C=O) groups excluding carboxylic acids is 1. The van der Waals surface area contributed by atoms with Crippen molar-refractivity contribution in [2.45, 2.75) is 26.0 Å². The van der Waals surface area contributed by atoms with Crippen LogP contribution in [0.2, 0.25) is 15.1 Å². The van der Waals surface area contributed by atoms with Crippen LogP contribution in [0.15, 0.2) is 24.3 Å². The number of amides is 1. The fourth-order valence-corrected chi connectivity index (χ4v) is 4.95. The first-order valence-corrected chi connectivity index (χ1v) is 10.4. The Kier molecular flexibility index (Phi) is 5.33. The fraction of sp³-hybridized carbons (Fsp3) is 0.211. The van der Waals surface area contributed by atoms with Crippen molar-refractivity contribution in [2.24, 2.45) is 0 Å². The molecule has 1 aliphatic rings. The first-order chi connectivity index (χ1) is 13.8. The molecule has 3 aromatic rings. The van der Waals surface area contributed by atoms with Gasteiger partial charge in [-0.3, -0.25) is 14.5 Å². The second-order valence-electron chi connectivity index (χ2n) is 6.49. The number of rotatable bonds is 4. The summed E-state index contributed by atoms with van der Waals surface area (Å²) in [5.74, 6) is -1.08. The van der Waals surface area contributed by atoms with Gasteiger partial charge in [-0.15, -0.1) is 11.3 Å². The molecule has 1 atom stereocenters. The lowest BCUT2D eigenvalue weighted by molar-refractivity contribution is -0.142. The van der Waals surface area contributed by atoms with E-state index in [2.05, 4.69) is 4.98 Å². The number of ether oxygens (including phenoxy) is 1. The van der Waals surface area contributed by atoms with Crippen LogP contribution in [-0.4, -0.2) is 28.1 Å². The van der Waals surface area contributed by atoms with Crippen LogP contribution in [0.4, 0.5) is 5.69 Å². The van der Waals surface area contributed by atoms with Gasteiger partial charge in [0, 0.05) is 0 Å². The minimum atomic E-state index is -1.12. The smallest absolute Gasteiger partial charge is 0.307 e. The molecule has 29 heavy (non-hydrogen) atoms. The molecule has 6 nitrogen and oxygen atoms in total. The minimum Gasteiger partial charge on any atom is -0.481 e. The standard InChI is InChI=1S/C19H13Cl3N2O4S/c1-8-3-2-4-11-17(8)28-12(6-14(25)26)19(27)24(11)7-13-23-16-15(22)9(20)5-10(21)18(16)29-13/h2-5,12H,6-7H2,1H3,(H,25,26). The van der Waals surface area contributed by atoms with Gasteiger partial charge in [-0.05, 0) is 24.6 Å². The molecule has 0 aliphatic carbocycles. The van der Waals surface area contributed by atoms with Gasteiger partial charge in [0.2, 0.25) is 0 Å². The molecule has 1 amide bonds. The molecule has 1 aromatic heterocycles. The molecule has 0 saturated heterocycles. The summed E-state index contributed by atoms with van der Waals surface area (Å²) in [5, 5.41) is 10.8. The van der Waals surface area contributed by atoms with Crippen molar-refractivity contribution in [2.75, 3.05) is 4.90 Å². The van der Waals surface area contributed by atoms with E-state index >= 15 is 0 Å². The van der Waals surface area contributed by atoms with Gasteiger partial charge in [0.15, 0.2) is 6.10 Å². The molecule has 1 unspecified atom stereocenters. The number of carbonyl (C=O) groups is 2. The number of thiazole rings is 1. The van der Waals surface area contributed by atoms with Crippen LogP contribution in [-0.2, 0) is 16.1 Å². The van der Waals surface area contributed by atoms with Crippen molar-refractivity contribution < 1.29 is 19.4 Å². The summed E-state index contributed by atoms with van der Waals surface area (Å²) in [6, 6.07) is 6.95. The van der Waals surface area contributed by atoms with Crippen LogP contribution in [0, 0.1) is 6.92 Å². The van der Waals surface area contributed by atoms with Crippen molar-refractivity contribution in [1.29, 1.82) is 0 Å². The van der Waals surface area contributed by atoms with E-state index in [1.807, 2.05) is 13.0 Å². The zero-order valence-corrected chi connectivity index (χ0v) is 18.0. The van der Waals surface area contributed by atoms with E-state index in [4.69, 9.17) is 44.6 Å². The monoisotopic (exact) mass is 470 g/mol. The van der Waals surface area contributed by atoms with Gasteiger partial charge in [0.25, 0.3) is 5.91 Å². The quantitative estimate of drug-likeness (QED) is 0.520. The van der Waals surface area contributed by atoms with Crippen LogP contribution in [0.1, 0.15) is 17.0 Å². The Balaban J connectivity index is 1.77. The number of halogens is 3. The van der Waals surface area contributed by atoms with E-state index in [0.29, 0.717) is 41.7 Å². The highest BCUT2D eigenvalue weighted by Crippen LogP contribution is 2.41. The van der Waals surface area contributed by atoms with Gasteiger partial charge in [0.1, 0.15) is 16.3 Å². The average Bonchev–Trinajstić information content (AvgIpc) is 3.08. The van der Waals surface area contributed by atoms with Gasteiger partial charge in [0.05, 0.1) is 38.4 Å². The highest BCUT2D eigenvalue weighted by atomic mass is 35.5. The number of para-hydroxylation sites is 1. The number of nitrogens with zero attached hydrogens (tertiary/aromatic N) is 2. The third-order valence-electron chi connectivity index (χ3n) is 4.50. The van der Waals surface area contributed by atoms with Crippen LogP contribution in [0.3, 0.4) is 0 Å². The van der Waals surface area contributed by atoms with E-state index < -0.39 is 24.4 Å². The maximum absolute atomic E-state index is 13.0. The lowest BCUT2D eigenvalue weighted by Gasteiger charge is -2.34. The largest absolute Gasteiger partial charge is 0.481 e. The summed E-state index contributed by atoms with van der Waals surface area (Å²) in [6.07, 6.45) is -1.55. The molecular weight excluding hydrogens is 459 g/mol. The predicted octanol–water partition coefficient (Wildman–Crippen LogP) is 5.33. The first kappa shape index (κ1) is 20.2. The number of anilines is 1. The number of fused-ring (bicyclic) bond motifs is 2. The summed E-state index contributed by atoms with van der Waals surface area (Å²) < 4.78 is 6.39. The second kappa shape index (κ2) is 7.65. The highest BCUT2D eigenvalue weighted by Gasteiger charge is 2.37. The molecule has 10 heteroatoms. The van der Waals surface area contributed by atoms with Gasteiger partial charge in [-0.25, -0.2) is 4.98 Å². The van der Waals surface area contributed by atoms with Gasteiger partial charge in [-0.2, -0.15) is 0 Å². The summed E-state index contributed by atoms with van der Waals surface area (Å²) in [7, 11) is 0. The molecule has 0 radical (unpaired) electrons. The summed E-state index contributed by atoms with van der Waals surface area (Å²) in [5.41, 5.74) is 1.83. The molecule has 0 bridgehead atoms. The number of aliphatic carboxylic acids is 1. The minimum absolute atomic E-state index is 0.123. The average molecular weight is 472 g/mol. The lowest BCUT2D eigenvalue weighted by Crippen LogP contribution is -2.46. The van der Waals surface area contributed by atoms with Crippen LogP contribution in [0.25, 0.3) is 10.2 Å². The van der Waals surface area contributed by atoms with E-state index in [9.17, 15) is 9.59 Å². The molecule has 2 heterocycles. The Morgan fingerprint density at radius 1 is 1.31 bits per heavy atom. The Morgan fingerprint density at radius 3 is 2.79 bits per heavy atom. The SMILES string of the molecule is Cc1cccc2c1OC(CC(=O)O)C(=O)N2Cc1nc2c(Cl)c(Cl)cc(Cl)c2s1. The van der Waals surface area contributed by atoms with E-state index in [1.165, 1.54) is 16.2 Å². The highest BCUT2D eigenvalue weighted by molar-refractivity contribution is 7.19. The van der Waals surface area contributed by atoms with Crippen molar-refractivity contribution in [1.82, 2.24) is 4.98 Å². The maximum Gasteiger partial charge on any atom is 0.307 e. The zero-order valence-electron chi connectivity index (χ0n) is 14.9. The second-order valence-corrected chi connectivity index (χ2v) is 8.77. The van der Waals surface area contributed by atoms with Gasteiger partial charge in [-0.1, -0.05) is 46.9 Å². The summed E-state index contributed by atoms with van der Waals surface area (Å²) >= 11 is 19.9. The van der Waals surface area contributed by atoms with Crippen LogP contribution < -0.4 is 9.64 Å². The van der Waals surface area contributed by atoms with Gasteiger partial charge >= 0.3 is 5.97 Å². The number of hydrogen-bond acceptors (Lipinski definition) is 5. The number of hydrogen-bond donors (Lipinski definition) is 1. The van der Waals surface area contributed by atoms with Crippen molar-refractivity contribution in [3.8, 4) is 5.75 Å². The molecule has 1 aliphatic heterocycles. The number of benzene rings is 2. The van der Waals surface area contributed by atoms with Gasteiger partial charge < -0.3 is 9.84 Å². The first-order valence-electron chi connectivity index (χ1n) is 8.48.